The summed E-state index contributed by atoms with van der Waals surface area (Å²) in [6.45, 7) is 0.730. The van der Waals surface area contributed by atoms with Crippen LogP contribution in [0, 0.1) is 5.82 Å². The molecule has 2 aromatic rings. The Morgan fingerprint density at radius 2 is 1.52 bits per heavy atom. The number of thioether (sulfide) groups is 1. The fourth-order valence-corrected chi connectivity index (χ4v) is 2.15. The van der Waals surface area contributed by atoms with Gasteiger partial charge in [0.15, 0.2) is 0 Å². The van der Waals surface area contributed by atoms with E-state index in [1.807, 2.05) is 6.26 Å². The zero-order chi connectivity index (χ0) is 16.5. The van der Waals surface area contributed by atoms with Gasteiger partial charge in [0.2, 0.25) is 5.91 Å². The lowest BCUT2D eigenvalue weighted by molar-refractivity contribution is -0.113. The Labute approximate surface area is 139 Å². The third-order valence-electron chi connectivity index (χ3n) is 2.85. The molecular weight excluding hydrogens is 317 g/mol. The first-order chi connectivity index (χ1) is 11.2. The molecule has 0 atom stereocenters. The Balaban J connectivity index is 1.71. The molecule has 0 radical (unpaired) electrons. The standard InChI is InChI=1S/C17H18FNO3S/c1-23-12-17(20)19-14-4-8-16(9-5-14)22-11-10-21-15-6-2-13(18)3-7-15/h2-9H,10-12H2,1H3,(H,19,20). The van der Waals surface area contributed by atoms with E-state index in [0.717, 1.165) is 5.69 Å². The number of ether oxygens (including phenoxy) is 2. The normalized spacial score (nSPS) is 10.2. The van der Waals surface area contributed by atoms with E-state index in [-0.39, 0.29) is 11.7 Å². The maximum absolute atomic E-state index is 12.7. The van der Waals surface area contributed by atoms with E-state index in [1.165, 1.54) is 23.9 Å². The third-order valence-corrected chi connectivity index (χ3v) is 3.40. The van der Waals surface area contributed by atoms with Gasteiger partial charge in [-0.3, -0.25) is 4.79 Å². The van der Waals surface area contributed by atoms with Crippen molar-refractivity contribution < 1.29 is 18.7 Å². The summed E-state index contributed by atoms with van der Waals surface area (Å²) in [7, 11) is 0. The van der Waals surface area contributed by atoms with Crippen LogP contribution in [0.25, 0.3) is 0 Å². The molecule has 23 heavy (non-hydrogen) atoms. The molecule has 1 amide bonds. The van der Waals surface area contributed by atoms with Crippen molar-refractivity contribution in [2.45, 2.75) is 0 Å². The van der Waals surface area contributed by atoms with Gasteiger partial charge in [-0.2, -0.15) is 11.8 Å². The van der Waals surface area contributed by atoms with Crippen LogP contribution in [0.5, 0.6) is 11.5 Å². The molecule has 0 heterocycles. The van der Waals surface area contributed by atoms with Gasteiger partial charge >= 0.3 is 0 Å². The Morgan fingerprint density at radius 3 is 2.04 bits per heavy atom. The van der Waals surface area contributed by atoms with Crippen molar-refractivity contribution in [3.63, 3.8) is 0 Å². The van der Waals surface area contributed by atoms with Crippen molar-refractivity contribution in [1.82, 2.24) is 0 Å². The second kappa shape index (κ2) is 9.05. The fraction of sp³-hybridized carbons (Fsp3) is 0.235. The van der Waals surface area contributed by atoms with E-state index >= 15 is 0 Å². The van der Waals surface area contributed by atoms with Gasteiger partial charge in [0.05, 0.1) is 5.75 Å². The highest BCUT2D eigenvalue weighted by atomic mass is 32.2. The molecule has 2 rings (SSSR count). The molecular formula is C17H18FNO3S. The van der Waals surface area contributed by atoms with Crippen molar-refractivity contribution in [2.24, 2.45) is 0 Å². The Morgan fingerprint density at radius 1 is 1.00 bits per heavy atom. The minimum Gasteiger partial charge on any atom is -0.490 e. The molecule has 0 aliphatic heterocycles. The van der Waals surface area contributed by atoms with E-state index in [9.17, 15) is 9.18 Å². The van der Waals surface area contributed by atoms with Crippen LogP contribution in [0.2, 0.25) is 0 Å². The second-order valence-corrected chi connectivity index (χ2v) is 5.52. The number of carbonyl (C=O) groups is 1. The number of halogens is 1. The Hall–Kier alpha value is -2.21. The minimum atomic E-state index is -0.293. The quantitative estimate of drug-likeness (QED) is 0.749. The van der Waals surface area contributed by atoms with Crippen molar-refractivity contribution in [3.8, 4) is 11.5 Å². The maximum atomic E-state index is 12.7. The van der Waals surface area contributed by atoms with Gasteiger partial charge in [0.25, 0.3) is 0 Å². The van der Waals surface area contributed by atoms with E-state index in [1.54, 1.807) is 36.4 Å². The van der Waals surface area contributed by atoms with Crippen LogP contribution >= 0.6 is 11.8 Å². The molecule has 4 nitrogen and oxygen atoms in total. The average Bonchev–Trinajstić information content (AvgIpc) is 2.55. The number of rotatable bonds is 8. The number of nitrogens with one attached hydrogen (secondary N) is 1. The summed E-state index contributed by atoms with van der Waals surface area (Å²) in [4.78, 5) is 11.5. The van der Waals surface area contributed by atoms with Gasteiger partial charge in [-0.25, -0.2) is 4.39 Å². The van der Waals surface area contributed by atoms with Gasteiger partial charge < -0.3 is 14.8 Å². The predicted molar refractivity (Wildman–Crippen MR) is 90.8 cm³/mol. The second-order valence-electron chi connectivity index (χ2n) is 4.66. The summed E-state index contributed by atoms with van der Waals surface area (Å²) >= 11 is 1.47. The summed E-state index contributed by atoms with van der Waals surface area (Å²) in [6.07, 6.45) is 1.88. The van der Waals surface area contributed by atoms with E-state index < -0.39 is 0 Å². The number of benzene rings is 2. The summed E-state index contributed by atoms with van der Waals surface area (Å²) in [5.41, 5.74) is 0.735. The molecule has 0 aliphatic rings. The average molecular weight is 335 g/mol. The summed E-state index contributed by atoms with van der Waals surface area (Å²) < 4.78 is 23.7. The monoisotopic (exact) mass is 335 g/mol. The highest BCUT2D eigenvalue weighted by molar-refractivity contribution is 7.99. The third kappa shape index (κ3) is 6.20. The first-order valence-corrected chi connectivity index (χ1v) is 8.47. The summed E-state index contributed by atoms with van der Waals surface area (Å²) in [6, 6.07) is 13.0. The Bertz CT molecular complexity index is 617. The molecule has 6 heteroatoms. The van der Waals surface area contributed by atoms with Gasteiger partial charge in [-0.05, 0) is 54.8 Å². The van der Waals surface area contributed by atoms with Crippen LogP contribution < -0.4 is 14.8 Å². The molecule has 122 valence electrons. The van der Waals surface area contributed by atoms with Crippen molar-refractivity contribution in [3.05, 3.63) is 54.3 Å². The number of hydrogen-bond donors (Lipinski definition) is 1. The zero-order valence-electron chi connectivity index (χ0n) is 12.8. The van der Waals surface area contributed by atoms with E-state index in [2.05, 4.69) is 5.32 Å². The molecule has 0 saturated heterocycles. The SMILES string of the molecule is CSCC(=O)Nc1ccc(OCCOc2ccc(F)cc2)cc1. The van der Waals surface area contributed by atoms with Crippen LogP contribution in [0.4, 0.5) is 10.1 Å². The largest absolute Gasteiger partial charge is 0.490 e. The lowest BCUT2D eigenvalue weighted by atomic mass is 10.3. The summed E-state index contributed by atoms with van der Waals surface area (Å²) in [5, 5.41) is 2.79. The van der Waals surface area contributed by atoms with E-state index in [0.29, 0.717) is 30.5 Å². The number of hydrogen-bond acceptors (Lipinski definition) is 4. The van der Waals surface area contributed by atoms with Gasteiger partial charge in [-0.1, -0.05) is 0 Å². The van der Waals surface area contributed by atoms with Crippen LogP contribution in [-0.2, 0) is 4.79 Å². The van der Waals surface area contributed by atoms with Gasteiger partial charge in [-0.15, -0.1) is 0 Å². The van der Waals surface area contributed by atoms with Crippen LogP contribution in [0.1, 0.15) is 0 Å². The van der Waals surface area contributed by atoms with Crippen molar-refractivity contribution in [2.75, 3.05) is 30.5 Å². The van der Waals surface area contributed by atoms with Crippen LogP contribution in [0.15, 0.2) is 48.5 Å². The topological polar surface area (TPSA) is 47.6 Å². The molecule has 1 N–H and O–H groups in total. The summed E-state index contributed by atoms with van der Waals surface area (Å²) in [5.74, 6) is 1.40. The number of anilines is 1. The maximum Gasteiger partial charge on any atom is 0.234 e. The lowest BCUT2D eigenvalue weighted by Gasteiger charge is -2.09. The molecule has 0 spiro atoms. The highest BCUT2D eigenvalue weighted by Crippen LogP contribution is 2.16. The van der Waals surface area contributed by atoms with E-state index in [4.69, 9.17) is 9.47 Å². The smallest absolute Gasteiger partial charge is 0.234 e. The number of carbonyl (C=O) groups excluding carboxylic acids is 1. The molecule has 0 aliphatic carbocycles. The first kappa shape index (κ1) is 17.1. The molecule has 0 fully saturated rings. The van der Waals surface area contributed by atoms with Crippen molar-refractivity contribution in [1.29, 1.82) is 0 Å². The molecule has 0 aromatic heterocycles. The predicted octanol–water partition coefficient (Wildman–Crippen LogP) is 3.59. The fourth-order valence-electron chi connectivity index (χ4n) is 1.81. The first-order valence-electron chi connectivity index (χ1n) is 7.07. The number of amides is 1. The highest BCUT2D eigenvalue weighted by Gasteiger charge is 2.01. The lowest BCUT2D eigenvalue weighted by Crippen LogP contribution is -2.13. The molecule has 0 unspecified atom stereocenters. The molecule has 0 bridgehead atoms. The Kier molecular flexibility index (Phi) is 6.75. The molecule has 2 aromatic carbocycles. The molecule has 0 saturated carbocycles. The van der Waals surface area contributed by atoms with Gasteiger partial charge in [0, 0.05) is 5.69 Å². The van der Waals surface area contributed by atoms with Crippen molar-refractivity contribution >= 4 is 23.4 Å². The van der Waals surface area contributed by atoms with Gasteiger partial charge in [0.1, 0.15) is 30.5 Å². The van der Waals surface area contributed by atoms with Crippen LogP contribution in [-0.4, -0.2) is 31.1 Å². The zero-order valence-corrected chi connectivity index (χ0v) is 13.6. The minimum absolute atomic E-state index is 0.0288. The van der Waals surface area contributed by atoms with Crippen LogP contribution in [0.3, 0.4) is 0 Å².